The normalized spacial score (nSPS) is 26.3. The molecule has 2 unspecified atom stereocenters. The quantitative estimate of drug-likeness (QED) is 0.866. The highest BCUT2D eigenvalue weighted by atomic mass is 79.9. The molecule has 3 nitrogen and oxygen atoms in total. The predicted molar refractivity (Wildman–Crippen MR) is 66.0 cm³/mol. The van der Waals surface area contributed by atoms with Gasteiger partial charge in [-0.2, -0.15) is 0 Å². The zero-order valence-electron chi connectivity index (χ0n) is 8.83. The van der Waals surface area contributed by atoms with E-state index in [0.717, 1.165) is 16.7 Å². The van der Waals surface area contributed by atoms with Crippen LogP contribution in [-0.2, 0) is 0 Å². The van der Waals surface area contributed by atoms with Crippen LogP contribution in [0.25, 0.3) is 0 Å². The van der Waals surface area contributed by atoms with Crippen molar-refractivity contribution in [3.8, 4) is 0 Å². The molecular formula is C11H16BrN3. The fourth-order valence-electron chi connectivity index (χ4n) is 1.93. The Morgan fingerprint density at radius 2 is 2.47 bits per heavy atom. The minimum absolute atomic E-state index is 0.512. The highest BCUT2D eigenvalue weighted by molar-refractivity contribution is 9.10. The lowest BCUT2D eigenvalue weighted by atomic mass is 10.00. The van der Waals surface area contributed by atoms with E-state index in [2.05, 4.69) is 38.5 Å². The van der Waals surface area contributed by atoms with Crippen LogP contribution in [0.5, 0.6) is 0 Å². The number of anilines is 1. The lowest BCUT2D eigenvalue weighted by Crippen LogP contribution is -2.46. The second-order valence-corrected chi connectivity index (χ2v) is 4.85. The van der Waals surface area contributed by atoms with Crippen molar-refractivity contribution in [2.45, 2.75) is 31.8 Å². The molecule has 2 N–H and O–H groups in total. The van der Waals surface area contributed by atoms with Crippen LogP contribution in [0.2, 0.25) is 0 Å². The monoisotopic (exact) mass is 269 g/mol. The number of halogens is 1. The molecule has 82 valence electrons. The number of piperidine rings is 1. The third-order valence-electron chi connectivity index (χ3n) is 2.88. The van der Waals surface area contributed by atoms with Crippen molar-refractivity contribution in [1.29, 1.82) is 0 Å². The van der Waals surface area contributed by atoms with Crippen LogP contribution in [0, 0.1) is 0 Å². The van der Waals surface area contributed by atoms with Gasteiger partial charge >= 0.3 is 0 Å². The number of pyridine rings is 1. The lowest BCUT2D eigenvalue weighted by Gasteiger charge is -2.31. The summed E-state index contributed by atoms with van der Waals surface area (Å²) in [6.07, 6.45) is 6.10. The number of rotatable bonds is 2. The fraction of sp³-hybridized carbons (Fsp3) is 0.545. The first-order valence-electron chi connectivity index (χ1n) is 5.37. The van der Waals surface area contributed by atoms with Crippen LogP contribution < -0.4 is 10.6 Å². The average Bonchev–Trinajstić information content (AvgIpc) is 2.24. The second-order valence-electron chi connectivity index (χ2n) is 3.99. The van der Waals surface area contributed by atoms with Gasteiger partial charge in [-0.3, -0.25) is 4.98 Å². The molecule has 0 saturated carbocycles. The number of nitrogens with one attached hydrogen (secondary N) is 2. The molecule has 0 spiro atoms. The van der Waals surface area contributed by atoms with Gasteiger partial charge in [0.25, 0.3) is 0 Å². The Labute approximate surface area is 98.8 Å². The Bertz CT molecular complexity index is 329. The molecule has 0 aliphatic carbocycles. The van der Waals surface area contributed by atoms with Crippen LogP contribution in [-0.4, -0.2) is 23.6 Å². The number of nitrogens with zero attached hydrogens (tertiary/aromatic N) is 1. The summed E-state index contributed by atoms with van der Waals surface area (Å²) in [4.78, 5) is 4.05. The average molecular weight is 270 g/mol. The smallest absolute Gasteiger partial charge is 0.0590 e. The Balaban J connectivity index is 2.04. The maximum absolute atomic E-state index is 4.05. The Hall–Kier alpha value is -0.610. The molecule has 1 aromatic rings. The van der Waals surface area contributed by atoms with Crippen molar-refractivity contribution in [2.75, 3.05) is 11.9 Å². The van der Waals surface area contributed by atoms with Crippen LogP contribution in [0.4, 0.5) is 5.69 Å². The lowest BCUT2D eigenvalue weighted by molar-refractivity contribution is 0.389. The summed E-state index contributed by atoms with van der Waals surface area (Å²) in [5, 5.41) is 7.03. The summed E-state index contributed by atoms with van der Waals surface area (Å²) in [5.74, 6) is 0. The molecule has 1 aliphatic heterocycles. The van der Waals surface area contributed by atoms with Gasteiger partial charge in [-0.05, 0) is 48.3 Å². The molecule has 0 aromatic carbocycles. The van der Waals surface area contributed by atoms with Crippen molar-refractivity contribution in [2.24, 2.45) is 0 Å². The molecular weight excluding hydrogens is 254 g/mol. The Morgan fingerprint density at radius 1 is 1.60 bits per heavy atom. The molecule has 0 amide bonds. The van der Waals surface area contributed by atoms with Gasteiger partial charge in [0.2, 0.25) is 0 Å². The minimum Gasteiger partial charge on any atom is -0.380 e. The summed E-state index contributed by atoms with van der Waals surface area (Å²) >= 11 is 3.50. The van der Waals surface area contributed by atoms with Gasteiger partial charge in [0.15, 0.2) is 0 Å². The van der Waals surface area contributed by atoms with Crippen molar-refractivity contribution >= 4 is 21.6 Å². The van der Waals surface area contributed by atoms with Gasteiger partial charge in [0.05, 0.1) is 10.2 Å². The topological polar surface area (TPSA) is 37.0 Å². The van der Waals surface area contributed by atoms with E-state index < -0.39 is 0 Å². The van der Waals surface area contributed by atoms with E-state index in [-0.39, 0.29) is 0 Å². The zero-order chi connectivity index (χ0) is 10.7. The molecule has 15 heavy (non-hydrogen) atoms. The maximum atomic E-state index is 4.05. The molecule has 1 saturated heterocycles. The summed E-state index contributed by atoms with van der Waals surface area (Å²) in [6.45, 7) is 3.36. The van der Waals surface area contributed by atoms with Gasteiger partial charge in [-0.1, -0.05) is 0 Å². The maximum Gasteiger partial charge on any atom is 0.0590 e. The first-order valence-corrected chi connectivity index (χ1v) is 6.16. The van der Waals surface area contributed by atoms with E-state index in [1.807, 2.05) is 18.5 Å². The summed E-state index contributed by atoms with van der Waals surface area (Å²) < 4.78 is 1.03. The molecule has 2 atom stereocenters. The van der Waals surface area contributed by atoms with E-state index in [1.165, 1.54) is 12.8 Å². The molecule has 4 heteroatoms. The fourth-order valence-corrected chi connectivity index (χ4v) is 2.30. The van der Waals surface area contributed by atoms with Gasteiger partial charge in [-0.25, -0.2) is 0 Å². The third-order valence-corrected chi connectivity index (χ3v) is 3.51. The van der Waals surface area contributed by atoms with Crippen molar-refractivity contribution < 1.29 is 0 Å². The van der Waals surface area contributed by atoms with E-state index in [9.17, 15) is 0 Å². The van der Waals surface area contributed by atoms with Gasteiger partial charge in [0, 0.05) is 24.5 Å². The minimum atomic E-state index is 0.512. The van der Waals surface area contributed by atoms with Crippen LogP contribution in [0.1, 0.15) is 19.8 Å². The number of hydrogen-bond acceptors (Lipinski definition) is 3. The van der Waals surface area contributed by atoms with Crippen molar-refractivity contribution in [3.05, 3.63) is 22.9 Å². The highest BCUT2D eigenvalue weighted by Gasteiger charge is 2.20. The molecule has 2 rings (SSSR count). The first kappa shape index (κ1) is 10.9. The van der Waals surface area contributed by atoms with Crippen LogP contribution >= 0.6 is 15.9 Å². The number of aromatic nitrogens is 1. The standard InChI is InChI=1S/C11H16BrN3/c1-8-10(3-2-5-14-8)15-11-4-6-13-7-9(11)12/h4,6-8,10,14H,2-3,5H2,1H3,(H,13,15). The number of hydrogen-bond donors (Lipinski definition) is 2. The van der Waals surface area contributed by atoms with E-state index in [1.54, 1.807) is 0 Å². The van der Waals surface area contributed by atoms with E-state index in [0.29, 0.717) is 12.1 Å². The molecule has 1 aliphatic rings. The molecule has 2 heterocycles. The van der Waals surface area contributed by atoms with Gasteiger partial charge in [-0.15, -0.1) is 0 Å². The molecule has 0 radical (unpaired) electrons. The van der Waals surface area contributed by atoms with E-state index in [4.69, 9.17) is 0 Å². The summed E-state index contributed by atoms with van der Waals surface area (Å²) in [6, 6.07) is 3.04. The van der Waals surface area contributed by atoms with Crippen molar-refractivity contribution in [1.82, 2.24) is 10.3 Å². The van der Waals surface area contributed by atoms with Crippen molar-refractivity contribution in [3.63, 3.8) is 0 Å². The van der Waals surface area contributed by atoms with Gasteiger partial charge < -0.3 is 10.6 Å². The Morgan fingerprint density at radius 3 is 3.20 bits per heavy atom. The highest BCUT2D eigenvalue weighted by Crippen LogP contribution is 2.23. The van der Waals surface area contributed by atoms with Gasteiger partial charge in [0.1, 0.15) is 0 Å². The third kappa shape index (κ3) is 2.69. The SMILES string of the molecule is CC1NCCCC1Nc1ccncc1Br. The summed E-state index contributed by atoms with van der Waals surface area (Å²) in [5.41, 5.74) is 1.13. The molecule has 1 aromatic heterocycles. The Kier molecular flexibility index (Phi) is 3.59. The summed E-state index contributed by atoms with van der Waals surface area (Å²) in [7, 11) is 0. The largest absolute Gasteiger partial charge is 0.380 e. The zero-order valence-corrected chi connectivity index (χ0v) is 10.4. The molecule has 1 fully saturated rings. The first-order chi connectivity index (χ1) is 7.27. The van der Waals surface area contributed by atoms with E-state index >= 15 is 0 Å². The predicted octanol–water partition coefficient (Wildman–Crippen LogP) is 2.40. The molecule has 0 bridgehead atoms. The van der Waals surface area contributed by atoms with Crippen LogP contribution in [0.15, 0.2) is 22.9 Å². The van der Waals surface area contributed by atoms with Crippen LogP contribution in [0.3, 0.4) is 0 Å². The second kappa shape index (κ2) is 4.94.